The van der Waals surface area contributed by atoms with Crippen LogP contribution in [0.4, 0.5) is 0 Å². The molecular weight excluding hydrogens is 212 g/mol. The maximum Gasteiger partial charge on any atom is 0.176 e. The van der Waals surface area contributed by atoms with Crippen molar-refractivity contribution in [1.82, 2.24) is 19.7 Å². The maximum atomic E-state index is 4.69. The van der Waals surface area contributed by atoms with Crippen molar-refractivity contribution in [2.24, 2.45) is 0 Å². The fourth-order valence-electron chi connectivity index (χ4n) is 2.14. The third-order valence-corrected chi connectivity index (χ3v) is 3.21. The third-order valence-electron chi connectivity index (χ3n) is 3.21. The van der Waals surface area contributed by atoms with E-state index in [1.807, 2.05) is 10.9 Å². The van der Waals surface area contributed by atoms with Crippen LogP contribution in [0.5, 0.6) is 0 Å². The first-order valence-corrected chi connectivity index (χ1v) is 6.67. The van der Waals surface area contributed by atoms with Crippen LogP contribution in [0.25, 0.3) is 11.2 Å². The largest absolute Gasteiger partial charge is 0.339 e. The van der Waals surface area contributed by atoms with Gasteiger partial charge < -0.3 is 4.98 Å². The molecule has 1 N–H and O–H groups in total. The lowest BCUT2D eigenvalue weighted by Gasteiger charge is -2.05. The Hall–Kier alpha value is -1.32. The van der Waals surface area contributed by atoms with E-state index in [1.165, 1.54) is 19.3 Å². The molecule has 0 radical (unpaired) electrons. The number of aromatic amines is 1. The number of hydrogen-bond donors (Lipinski definition) is 1. The summed E-state index contributed by atoms with van der Waals surface area (Å²) in [4.78, 5) is 8.07. The van der Waals surface area contributed by atoms with Gasteiger partial charge >= 0.3 is 0 Å². The predicted molar refractivity (Wildman–Crippen MR) is 70.1 cm³/mol. The van der Waals surface area contributed by atoms with Crippen molar-refractivity contribution < 1.29 is 0 Å². The van der Waals surface area contributed by atoms with Gasteiger partial charge in [-0.25, -0.2) is 9.67 Å². The first-order valence-electron chi connectivity index (χ1n) is 6.67. The monoisotopic (exact) mass is 234 g/mol. The molecule has 17 heavy (non-hydrogen) atoms. The quantitative estimate of drug-likeness (QED) is 0.832. The van der Waals surface area contributed by atoms with Crippen LogP contribution in [-0.4, -0.2) is 19.7 Å². The van der Waals surface area contributed by atoms with Crippen molar-refractivity contribution in [1.29, 1.82) is 0 Å². The average Bonchev–Trinajstić information content (AvgIpc) is 2.87. The van der Waals surface area contributed by atoms with Crippen LogP contribution in [0.2, 0.25) is 0 Å². The van der Waals surface area contributed by atoms with Crippen LogP contribution in [0.3, 0.4) is 0 Å². The fraction of sp³-hybridized carbons (Fsp3) is 0.692. The minimum atomic E-state index is 0.507. The molecule has 2 heterocycles. The second kappa shape index (κ2) is 5.34. The number of fused-ring (bicyclic) bond motifs is 1. The van der Waals surface area contributed by atoms with Gasteiger partial charge in [0, 0.05) is 12.5 Å². The fourth-order valence-corrected chi connectivity index (χ4v) is 2.14. The minimum Gasteiger partial charge on any atom is -0.339 e. The zero-order valence-corrected chi connectivity index (χ0v) is 11.0. The van der Waals surface area contributed by atoms with Crippen molar-refractivity contribution in [3.63, 3.8) is 0 Å². The summed E-state index contributed by atoms with van der Waals surface area (Å²) in [5, 5.41) is 4.36. The number of H-pyrrole nitrogens is 1. The standard InChI is InChI=1S/C13H22N4/c1-4-6-8-17-13-11(9-14-17)15-12(16-13)10(3)7-5-2/h9-10H,4-8H2,1-3H3,(H,15,16). The molecule has 4 nitrogen and oxygen atoms in total. The van der Waals surface area contributed by atoms with Crippen molar-refractivity contribution in [2.45, 2.75) is 58.9 Å². The minimum absolute atomic E-state index is 0.507. The third kappa shape index (κ3) is 2.51. The van der Waals surface area contributed by atoms with Crippen LogP contribution in [0, 0.1) is 0 Å². The number of rotatable bonds is 6. The number of nitrogens with zero attached hydrogens (tertiary/aromatic N) is 3. The van der Waals surface area contributed by atoms with E-state index in [1.54, 1.807) is 0 Å². The highest BCUT2D eigenvalue weighted by atomic mass is 15.3. The van der Waals surface area contributed by atoms with E-state index in [0.29, 0.717) is 5.92 Å². The molecule has 2 rings (SSSR count). The highest BCUT2D eigenvalue weighted by Gasteiger charge is 2.13. The molecule has 94 valence electrons. The van der Waals surface area contributed by atoms with E-state index >= 15 is 0 Å². The Kier molecular flexibility index (Phi) is 3.82. The summed E-state index contributed by atoms with van der Waals surface area (Å²) >= 11 is 0. The van der Waals surface area contributed by atoms with Crippen molar-refractivity contribution in [3.8, 4) is 0 Å². The second-order valence-electron chi connectivity index (χ2n) is 4.77. The lowest BCUT2D eigenvalue weighted by atomic mass is 10.1. The van der Waals surface area contributed by atoms with Crippen LogP contribution >= 0.6 is 0 Å². The van der Waals surface area contributed by atoms with Gasteiger partial charge in [-0.05, 0) is 12.8 Å². The summed E-state index contributed by atoms with van der Waals surface area (Å²) in [6.07, 6.45) is 6.60. The molecule has 0 amide bonds. The summed E-state index contributed by atoms with van der Waals surface area (Å²) in [7, 11) is 0. The topological polar surface area (TPSA) is 46.5 Å². The Morgan fingerprint density at radius 3 is 2.88 bits per heavy atom. The Morgan fingerprint density at radius 1 is 1.35 bits per heavy atom. The van der Waals surface area contributed by atoms with Crippen LogP contribution < -0.4 is 0 Å². The van der Waals surface area contributed by atoms with Gasteiger partial charge in [-0.2, -0.15) is 5.10 Å². The highest BCUT2D eigenvalue weighted by molar-refractivity contribution is 5.70. The zero-order chi connectivity index (χ0) is 12.3. The number of aromatic nitrogens is 4. The van der Waals surface area contributed by atoms with Crippen molar-refractivity contribution in [3.05, 3.63) is 12.0 Å². The summed E-state index contributed by atoms with van der Waals surface area (Å²) in [5.41, 5.74) is 2.08. The van der Waals surface area contributed by atoms with E-state index < -0.39 is 0 Å². The van der Waals surface area contributed by atoms with E-state index in [9.17, 15) is 0 Å². The van der Waals surface area contributed by atoms with E-state index in [4.69, 9.17) is 0 Å². The Morgan fingerprint density at radius 2 is 2.18 bits per heavy atom. The van der Waals surface area contributed by atoms with Crippen molar-refractivity contribution >= 4 is 11.2 Å². The number of hydrogen-bond acceptors (Lipinski definition) is 2. The van der Waals surface area contributed by atoms with Gasteiger partial charge in [0.25, 0.3) is 0 Å². The van der Waals surface area contributed by atoms with Gasteiger partial charge in [-0.1, -0.05) is 33.6 Å². The lowest BCUT2D eigenvalue weighted by molar-refractivity contribution is 0.580. The normalized spacial score (nSPS) is 13.4. The summed E-state index contributed by atoms with van der Waals surface area (Å²) in [6, 6.07) is 0. The molecule has 0 aliphatic heterocycles. The Balaban J connectivity index is 2.21. The predicted octanol–water partition coefficient (Wildman–Crippen LogP) is 3.46. The molecule has 0 aromatic carbocycles. The average molecular weight is 234 g/mol. The smallest absolute Gasteiger partial charge is 0.176 e. The first kappa shape index (κ1) is 12.1. The molecule has 0 saturated carbocycles. The van der Waals surface area contributed by atoms with Gasteiger partial charge in [0.2, 0.25) is 0 Å². The lowest BCUT2D eigenvalue weighted by Crippen LogP contribution is -2.01. The molecule has 0 saturated heterocycles. The van der Waals surface area contributed by atoms with Crippen LogP contribution in [0.1, 0.15) is 58.2 Å². The number of imidazole rings is 1. The van der Waals surface area contributed by atoms with Gasteiger partial charge in [0.15, 0.2) is 5.65 Å². The van der Waals surface area contributed by atoms with Gasteiger partial charge in [-0.15, -0.1) is 0 Å². The zero-order valence-electron chi connectivity index (χ0n) is 11.0. The molecule has 4 heteroatoms. The molecule has 0 fully saturated rings. The second-order valence-corrected chi connectivity index (χ2v) is 4.77. The van der Waals surface area contributed by atoms with Crippen LogP contribution in [-0.2, 0) is 6.54 Å². The summed E-state index contributed by atoms with van der Waals surface area (Å²) in [6.45, 7) is 7.60. The molecule has 1 unspecified atom stereocenters. The van der Waals surface area contributed by atoms with Crippen LogP contribution in [0.15, 0.2) is 6.20 Å². The molecule has 1 atom stereocenters. The molecule has 0 aliphatic rings. The van der Waals surface area contributed by atoms with E-state index in [2.05, 4.69) is 35.8 Å². The number of aryl methyl sites for hydroxylation is 1. The number of unbranched alkanes of at least 4 members (excludes halogenated alkanes) is 1. The molecule has 2 aromatic rings. The highest BCUT2D eigenvalue weighted by Crippen LogP contribution is 2.21. The molecular formula is C13H22N4. The Labute approximate surface area is 102 Å². The van der Waals surface area contributed by atoms with Gasteiger partial charge in [-0.3, -0.25) is 0 Å². The van der Waals surface area contributed by atoms with Gasteiger partial charge in [0.05, 0.1) is 6.20 Å². The molecule has 0 aliphatic carbocycles. The van der Waals surface area contributed by atoms with E-state index in [-0.39, 0.29) is 0 Å². The summed E-state index contributed by atoms with van der Waals surface area (Å²) < 4.78 is 2.01. The van der Waals surface area contributed by atoms with Crippen molar-refractivity contribution in [2.75, 3.05) is 0 Å². The maximum absolute atomic E-state index is 4.69. The molecule has 0 spiro atoms. The summed E-state index contributed by atoms with van der Waals surface area (Å²) in [5.74, 6) is 1.61. The first-order chi connectivity index (χ1) is 8.26. The number of nitrogens with one attached hydrogen (secondary N) is 1. The molecule has 0 bridgehead atoms. The Bertz CT molecular complexity index is 469. The SMILES string of the molecule is CCCCn1ncc2[nH]c(C(C)CCC)nc21. The van der Waals surface area contributed by atoms with Gasteiger partial charge in [0.1, 0.15) is 11.3 Å². The molecule has 2 aromatic heterocycles. The van der Waals surface area contributed by atoms with E-state index in [0.717, 1.165) is 30.0 Å².